The van der Waals surface area contributed by atoms with Crippen LogP contribution in [0, 0.1) is 0 Å². The molecule has 0 unspecified atom stereocenters. The number of aromatic nitrogens is 3. The molecule has 2 aromatic rings. The fourth-order valence-corrected chi connectivity index (χ4v) is 2.65. The topological polar surface area (TPSA) is 79.0 Å². The second-order valence-corrected chi connectivity index (χ2v) is 5.16. The number of hydrogen-bond acceptors (Lipinski definition) is 4. The van der Waals surface area contributed by atoms with Gasteiger partial charge in [-0.05, 0) is 18.9 Å². The SMILES string of the molecule is O=C(c1ccc(=O)[nH]c1)N1CCC[C@H](c2cnccn2)C1. The third kappa shape index (κ3) is 2.99. The van der Waals surface area contributed by atoms with Crippen LogP contribution < -0.4 is 5.56 Å². The number of hydrogen-bond donors (Lipinski definition) is 1. The molecule has 0 aliphatic carbocycles. The summed E-state index contributed by atoms with van der Waals surface area (Å²) >= 11 is 0. The molecule has 0 bridgehead atoms. The number of piperidine rings is 1. The summed E-state index contributed by atoms with van der Waals surface area (Å²) in [6.45, 7) is 1.37. The van der Waals surface area contributed by atoms with Crippen LogP contribution in [0.3, 0.4) is 0 Å². The lowest BCUT2D eigenvalue weighted by Gasteiger charge is -2.32. The van der Waals surface area contributed by atoms with Crippen molar-refractivity contribution >= 4 is 5.91 Å². The van der Waals surface area contributed by atoms with Crippen LogP contribution in [-0.2, 0) is 0 Å². The van der Waals surface area contributed by atoms with Crippen molar-refractivity contribution in [3.8, 4) is 0 Å². The van der Waals surface area contributed by atoms with E-state index in [2.05, 4.69) is 15.0 Å². The zero-order chi connectivity index (χ0) is 14.7. The zero-order valence-corrected chi connectivity index (χ0v) is 11.5. The van der Waals surface area contributed by atoms with Gasteiger partial charge in [0.15, 0.2) is 0 Å². The molecule has 1 amide bonds. The number of aromatic amines is 1. The normalized spacial score (nSPS) is 18.5. The molecule has 1 saturated heterocycles. The summed E-state index contributed by atoms with van der Waals surface area (Å²) < 4.78 is 0. The fourth-order valence-electron chi connectivity index (χ4n) is 2.65. The zero-order valence-electron chi connectivity index (χ0n) is 11.5. The summed E-state index contributed by atoms with van der Waals surface area (Å²) in [7, 11) is 0. The number of carbonyl (C=O) groups is 1. The standard InChI is InChI=1S/C15H16N4O2/c20-14-4-3-11(8-18-14)15(21)19-7-1-2-12(10-19)13-9-16-5-6-17-13/h3-6,8-9,12H,1-2,7,10H2,(H,18,20)/t12-/m0/s1. The molecule has 0 radical (unpaired) electrons. The monoisotopic (exact) mass is 284 g/mol. The van der Waals surface area contributed by atoms with Crippen molar-refractivity contribution in [1.82, 2.24) is 19.9 Å². The quantitative estimate of drug-likeness (QED) is 0.898. The van der Waals surface area contributed by atoms with Crippen LogP contribution in [0.1, 0.15) is 34.8 Å². The van der Waals surface area contributed by atoms with Gasteiger partial charge in [0.2, 0.25) is 5.56 Å². The summed E-state index contributed by atoms with van der Waals surface area (Å²) in [5.41, 5.74) is 1.23. The van der Waals surface area contributed by atoms with E-state index in [1.807, 2.05) is 4.90 Å². The predicted molar refractivity (Wildman–Crippen MR) is 77.0 cm³/mol. The maximum absolute atomic E-state index is 12.5. The molecule has 21 heavy (non-hydrogen) atoms. The second kappa shape index (κ2) is 5.87. The molecular weight excluding hydrogens is 268 g/mol. The van der Waals surface area contributed by atoms with E-state index in [1.54, 1.807) is 24.7 Å². The first-order valence-electron chi connectivity index (χ1n) is 6.98. The van der Waals surface area contributed by atoms with Gasteiger partial charge in [-0.15, -0.1) is 0 Å². The highest BCUT2D eigenvalue weighted by Gasteiger charge is 2.26. The first kappa shape index (κ1) is 13.5. The third-order valence-electron chi connectivity index (χ3n) is 3.74. The van der Waals surface area contributed by atoms with Gasteiger partial charge in [0.1, 0.15) is 0 Å². The van der Waals surface area contributed by atoms with Crippen LogP contribution in [0.2, 0.25) is 0 Å². The Balaban J connectivity index is 1.75. The number of amides is 1. The Bertz CT molecular complexity index is 663. The van der Waals surface area contributed by atoms with Gasteiger partial charge in [-0.2, -0.15) is 0 Å². The minimum Gasteiger partial charge on any atom is -0.338 e. The van der Waals surface area contributed by atoms with Gasteiger partial charge >= 0.3 is 0 Å². The Labute approximate surface area is 121 Å². The molecule has 1 N–H and O–H groups in total. The van der Waals surface area contributed by atoms with Crippen molar-refractivity contribution in [1.29, 1.82) is 0 Å². The van der Waals surface area contributed by atoms with Crippen LogP contribution in [0.5, 0.6) is 0 Å². The van der Waals surface area contributed by atoms with E-state index >= 15 is 0 Å². The average Bonchev–Trinajstić information content (AvgIpc) is 2.56. The van der Waals surface area contributed by atoms with Crippen molar-refractivity contribution in [3.05, 3.63) is 58.5 Å². The van der Waals surface area contributed by atoms with Gasteiger partial charge in [0.25, 0.3) is 5.91 Å². The molecule has 3 heterocycles. The highest BCUT2D eigenvalue weighted by Crippen LogP contribution is 2.25. The molecule has 6 heteroatoms. The molecule has 0 aromatic carbocycles. The third-order valence-corrected chi connectivity index (χ3v) is 3.74. The number of carbonyl (C=O) groups excluding carboxylic acids is 1. The van der Waals surface area contributed by atoms with Gasteiger partial charge in [-0.25, -0.2) is 0 Å². The van der Waals surface area contributed by atoms with Crippen molar-refractivity contribution in [3.63, 3.8) is 0 Å². The van der Waals surface area contributed by atoms with E-state index in [9.17, 15) is 9.59 Å². The van der Waals surface area contributed by atoms with Crippen molar-refractivity contribution in [2.45, 2.75) is 18.8 Å². The number of likely N-dealkylation sites (tertiary alicyclic amines) is 1. The molecule has 0 saturated carbocycles. The summed E-state index contributed by atoms with van der Waals surface area (Å²) in [4.78, 5) is 36.3. The van der Waals surface area contributed by atoms with Crippen molar-refractivity contribution in [2.24, 2.45) is 0 Å². The molecule has 1 atom stereocenters. The van der Waals surface area contributed by atoms with E-state index < -0.39 is 0 Å². The number of nitrogens with zero attached hydrogens (tertiary/aromatic N) is 3. The summed E-state index contributed by atoms with van der Waals surface area (Å²) in [5.74, 6) is 0.166. The Kier molecular flexibility index (Phi) is 3.77. The first-order valence-corrected chi connectivity index (χ1v) is 6.98. The van der Waals surface area contributed by atoms with Crippen molar-refractivity contribution < 1.29 is 4.79 Å². The first-order chi connectivity index (χ1) is 10.2. The lowest BCUT2D eigenvalue weighted by molar-refractivity contribution is 0.0705. The van der Waals surface area contributed by atoms with Gasteiger partial charge in [-0.3, -0.25) is 19.6 Å². The van der Waals surface area contributed by atoms with E-state index in [1.165, 1.54) is 12.3 Å². The maximum atomic E-state index is 12.5. The molecular formula is C15H16N4O2. The predicted octanol–water partition coefficient (Wildman–Crippen LogP) is 1.18. The fraction of sp³-hybridized carbons (Fsp3) is 0.333. The van der Waals surface area contributed by atoms with Crippen LogP contribution >= 0.6 is 0 Å². The Morgan fingerprint density at radius 3 is 2.95 bits per heavy atom. The summed E-state index contributed by atoms with van der Waals surface area (Å²) in [5, 5.41) is 0. The number of nitrogens with one attached hydrogen (secondary N) is 1. The smallest absolute Gasteiger partial charge is 0.255 e. The van der Waals surface area contributed by atoms with E-state index in [4.69, 9.17) is 0 Å². The minimum atomic E-state index is -0.206. The lowest BCUT2D eigenvalue weighted by atomic mass is 9.94. The van der Waals surface area contributed by atoms with E-state index in [0.717, 1.165) is 25.1 Å². The second-order valence-electron chi connectivity index (χ2n) is 5.16. The Hall–Kier alpha value is -2.50. The molecule has 6 nitrogen and oxygen atoms in total. The average molecular weight is 284 g/mol. The van der Waals surface area contributed by atoms with Crippen molar-refractivity contribution in [2.75, 3.05) is 13.1 Å². The number of H-pyrrole nitrogens is 1. The summed E-state index contributed by atoms with van der Waals surface area (Å²) in [6, 6.07) is 2.93. The van der Waals surface area contributed by atoms with Crippen LogP contribution in [0.25, 0.3) is 0 Å². The molecule has 1 aliphatic rings. The molecule has 108 valence electrons. The van der Waals surface area contributed by atoms with E-state index in [0.29, 0.717) is 12.1 Å². The van der Waals surface area contributed by atoms with E-state index in [-0.39, 0.29) is 17.4 Å². The molecule has 1 fully saturated rings. The number of pyridine rings is 1. The van der Waals surface area contributed by atoms with Gasteiger partial charge in [0, 0.05) is 49.9 Å². The molecule has 2 aromatic heterocycles. The highest BCUT2D eigenvalue weighted by atomic mass is 16.2. The Morgan fingerprint density at radius 1 is 1.33 bits per heavy atom. The van der Waals surface area contributed by atoms with Crippen LogP contribution in [-0.4, -0.2) is 38.8 Å². The van der Waals surface area contributed by atoms with Crippen LogP contribution in [0.4, 0.5) is 0 Å². The highest BCUT2D eigenvalue weighted by molar-refractivity contribution is 5.93. The van der Waals surface area contributed by atoms with Crippen LogP contribution in [0.15, 0.2) is 41.7 Å². The van der Waals surface area contributed by atoms with Gasteiger partial charge in [-0.1, -0.05) is 0 Å². The largest absolute Gasteiger partial charge is 0.338 e. The molecule has 3 rings (SSSR count). The Morgan fingerprint density at radius 2 is 2.24 bits per heavy atom. The van der Waals surface area contributed by atoms with Gasteiger partial charge in [0.05, 0.1) is 11.3 Å². The van der Waals surface area contributed by atoms with Gasteiger partial charge < -0.3 is 9.88 Å². The molecule has 0 spiro atoms. The molecule has 1 aliphatic heterocycles. The number of rotatable bonds is 2. The maximum Gasteiger partial charge on any atom is 0.255 e. The minimum absolute atomic E-state index is 0.0557. The summed E-state index contributed by atoms with van der Waals surface area (Å²) in [6.07, 6.45) is 8.51. The lowest BCUT2D eigenvalue weighted by Crippen LogP contribution is -2.39.